The maximum atomic E-state index is 6.56. The molecule has 0 aromatic carbocycles. The first-order valence-corrected chi connectivity index (χ1v) is 11.2. The zero-order valence-corrected chi connectivity index (χ0v) is 17.1. The molecule has 4 heterocycles. The zero-order valence-electron chi connectivity index (χ0n) is 14.7. The molecule has 0 aliphatic rings. The van der Waals surface area contributed by atoms with Gasteiger partial charge in [-0.3, -0.25) is 0 Å². The molecule has 0 saturated heterocycles. The third kappa shape index (κ3) is 3.13. The van der Waals surface area contributed by atoms with Crippen LogP contribution in [0.5, 0.6) is 0 Å². The minimum absolute atomic E-state index is 0.848. The van der Waals surface area contributed by atoms with E-state index in [1.807, 2.05) is 42.9 Å². The second-order valence-corrected chi connectivity index (χ2v) is 9.27. The lowest BCUT2D eigenvalue weighted by Gasteiger charge is -2.05. The second kappa shape index (κ2) is 7.38. The maximum absolute atomic E-state index is 6.56. The molecule has 0 fully saturated rings. The molecule has 5 nitrogen and oxygen atoms in total. The molecule has 0 spiro atoms. The number of aryl methyl sites for hydroxylation is 1. The van der Waals surface area contributed by atoms with Gasteiger partial charge in [-0.25, -0.2) is 19.5 Å². The summed E-state index contributed by atoms with van der Waals surface area (Å²) in [5.41, 5.74) is 10.5. The van der Waals surface area contributed by atoms with E-state index in [0.29, 0.717) is 0 Å². The van der Waals surface area contributed by atoms with Crippen LogP contribution < -0.4 is 10.3 Å². The fourth-order valence-corrected chi connectivity index (χ4v) is 5.90. The smallest absolute Gasteiger partial charge is 0.241 e. The Balaban J connectivity index is 1.92. The maximum Gasteiger partial charge on any atom is 0.241 e. The predicted octanol–water partition coefficient (Wildman–Crippen LogP) is 4.71. The number of nitrogens with two attached hydrogens (primary N) is 1. The molecule has 0 radical (unpaired) electrons. The van der Waals surface area contributed by atoms with Gasteiger partial charge in [0, 0.05) is 22.5 Å². The quantitative estimate of drug-likeness (QED) is 0.278. The Hall–Kier alpha value is -1.90. The molecule has 8 heteroatoms. The summed E-state index contributed by atoms with van der Waals surface area (Å²) in [4.78, 5) is 13.5. The van der Waals surface area contributed by atoms with Crippen LogP contribution in [-0.4, -0.2) is 20.7 Å². The van der Waals surface area contributed by atoms with Crippen LogP contribution in [0.4, 0.5) is 5.69 Å². The van der Waals surface area contributed by atoms with Crippen molar-refractivity contribution in [2.45, 2.75) is 24.0 Å². The van der Waals surface area contributed by atoms with Crippen molar-refractivity contribution < 1.29 is 4.57 Å². The van der Waals surface area contributed by atoms with E-state index in [0.717, 1.165) is 47.8 Å². The molecule has 26 heavy (non-hydrogen) atoms. The van der Waals surface area contributed by atoms with E-state index < -0.39 is 0 Å². The number of unbranched alkanes of at least 4 members (excludes halogenated alkanes) is 1. The van der Waals surface area contributed by atoms with Gasteiger partial charge in [0.25, 0.3) is 0 Å². The zero-order chi connectivity index (χ0) is 18.1. The van der Waals surface area contributed by atoms with Gasteiger partial charge in [0.05, 0.1) is 16.9 Å². The summed E-state index contributed by atoms with van der Waals surface area (Å²) in [7, 11) is 2.03. The lowest BCUT2D eigenvalue weighted by molar-refractivity contribution is -0.659. The number of hydrogen-bond acceptors (Lipinski definition) is 6. The van der Waals surface area contributed by atoms with Gasteiger partial charge in [0.15, 0.2) is 5.69 Å². The average molecular weight is 403 g/mol. The minimum atomic E-state index is 0.848. The van der Waals surface area contributed by atoms with E-state index in [4.69, 9.17) is 10.7 Å². The summed E-state index contributed by atoms with van der Waals surface area (Å²) >= 11 is 5.13. The van der Waals surface area contributed by atoms with Gasteiger partial charge in [-0.15, -0.1) is 34.4 Å². The number of thioether (sulfide) groups is 1. The molecule has 0 aliphatic carbocycles. The third-order valence-corrected chi connectivity index (χ3v) is 7.46. The SMILES string of the molecule is CCCCSc1sc2nc(-c3nccs3)cc(-c3c[nH]c[n+]3C)c2c1N. The molecular formula is C18H20N5S3+. The number of nitrogen functional groups attached to an aromatic ring is 1. The van der Waals surface area contributed by atoms with Crippen LogP contribution >= 0.6 is 34.4 Å². The van der Waals surface area contributed by atoms with Crippen molar-refractivity contribution in [2.24, 2.45) is 7.05 Å². The number of imidazole rings is 1. The topological polar surface area (TPSA) is 71.5 Å². The van der Waals surface area contributed by atoms with Crippen molar-refractivity contribution in [3.63, 3.8) is 0 Å². The number of fused-ring (bicyclic) bond motifs is 1. The Morgan fingerprint density at radius 3 is 2.96 bits per heavy atom. The molecule has 4 aromatic rings. The number of aromatic nitrogens is 4. The van der Waals surface area contributed by atoms with Crippen molar-refractivity contribution in [1.82, 2.24) is 15.0 Å². The van der Waals surface area contributed by atoms with Crippen LogP contribution in [-0.2, 0) is 7.05 Å². The number of nitrogens with one attached hydrogen (secondary N) is 1. The molecule has 0 aliphatic heterocycles. The summed E-state index contributed by atoms with van der Waals surface area (Å²) in [5, 5.41) is 3.95. The fourth-order valence-electron chi connectivity index (χ4n) is 2.85. The first-order chi connectivity index (χ1) is 12.7. The van der Waals surface area contributed by atoms with Crippen molar-refractivity contribution >= 4 is 50.3 Å². The van der Waals surface area contributed by atoms with Gasteiger partial charge >= 0.3 is 0 Å². The number of anilines is 1. The lowest BCUT2D eigenvalue weighted by atomic mass is 10.1. The largest absolute Gasteiger partial charge is 0.397 e. The number of thiophene rings is 1. The number of H-pyrrole nitrogens is 1. The van der Waals surface area contributed by atoms with Crippen LogP contribution in [0.15, 0.2) is 34.4 Å². The van der Waals surface area contributed by atoms with Gasteiger partial charge in [-0.2, -0.15) is 0 Å². The van der Waals surface area contributed by atoms with Crippen LogP contribution in [0.25, 0.3) is 32.2 Å². The molecule has 4 rings (SSSR count). The van der Waals surface area contributed by atoms with E-state index in [2.05, 4.69) is 27.5 Å². The number of pyridine rings is 1. The Bertz CT molecular complexity index is 1030. The molecule has 0 atom stereocenters. The van der Waals surface area contributed by atoms with Crippen LogP contribution in [0, 0.1) is 0 Å². The van der Waals surface area contributed by atoms with Crippen molar-refractivity contribution in [2.75, 3.05) is 11.5 Å². The number of rotatable bonds is 6. The van der Waals surface area contributed by atoms with Crippen molar-refractivity contribution in [3.05, 3.63) is 30.2 Å². The Morgan fingerprint density at radius 2 is 2.27 bits per heavy atom. The number of aromatic amines is 1. The van der Waals surface area contributed by atoms with Gasteiger partial charge < -0.3 is 5.73 Å². The number of thiazole rings is 1. The monoisotopic (exact) mass is 402 g/mol. The summed E-state index contributed by atoms with van der Waals surface area (Å²) in [5.74, 6) is 1.08. The number of nitrogens with zero attached hydrogens (tertiary/aromatic N) is 3. The van der Waals surface area contributed by atoms with Gasteiger partial charge in [0.2, 0.25) is 6.33 Å². The molecular weight excluding hydrogens is 382 g/mol. The fraction of sp³-hybridized carbons (Fsp3) is 0.278. The Morgan fingerprint density at radius 1 is 1.38 bits per heavy atom. The van der Waals surface area contributed by atoms with E-state index in [-0.39, 0.29) is 0 Å². The van der Waals surface area contributed by atoms with Gasteiger partial charge in [-0.1, -0.05) is 13.3 Å². The molecule has 0 amide bonds. The van der Waals surface area contributed by atoms with Crippen LogP contribution in [0.3, 0.4) is 0 Å². The second-order valence-electron chi connectivity index (χ2n) is 6.01. The van der Waals surface area contributed by atoms with Crippen LogP contribution in [0.1, 0.15) is 19.8 Å². The molecule has 134 valence electrons. The summed E-state index contributed by atoms with van der Waals surface area (Å²) in [6.07, 6.45) is 8.13. The highest BCUT2D eigenvalue weighted by Crippen LogP contribution is 2.44. The Kier molecular flexibility index (Phi) is 4.97. The first-order valence-electron chi connectivity index (χ1n) is 8.47. The third-order valence-electron chi connectivity index (χ3n) is 4.19. The van der Waals surface area contributed by atoms with E-state index in [1.54, 1.807) is 22.7 Å². The van der Waals surface area contributed by atoms with Crippen LogP contribution in [0.2, 0.25) is 0 Å². The van der Waals surface area contributed by atoms with E-state index in [1.165, 1.54) is 12.8 Å². The van der Waals surface area contributed by atoms with Gasteiger partial charge in [0.1, 0.15) is 21.7 Å². The predicted molar refractivity (Wildman–Crippen MR) is 112 cm³/mol. The van der Waals surface area contributed by atoms with Crippen molar-refractivity contribution in [1.29, 1.82) is 0 Å². The molecule has 0 unspecified atom stereocenters. The van der Waals surface area contributed by atoms with E-state index >= 15 is 0 Å². The normalized spacial score (nSPS) is 11.5. The molecule has 0 bridgehead atoms. The van der Waals surface area contributed by atoms with Crippen molar-refractivity contribution in [3.8, 4) is 22.0 Å². The molecule has 0 saturated carbocycles. The highest BCUT2D eigenvalue weighted by atomic mass is 32.2. The molecule has 3 N–H and O–H groups in total. The standard InChI is InChI=1S/C18H19N5S3/c1-3-4-6-25-18-15(19)14-11(13-9-20-10-23(13)2)8-12(22-17(14)26-18)16-21-5-7-24-16/h5,7-10H,3-4,6,19H2,1-2H3/p+1. The Labute approximate surface area is 164 Å². The highest BCUT2D eigenvalue weighted by Gasteiger charge is 2.21. The summed E-state index contributed by atoms with van der Waals surface area (Å²) in [6, 6.07) is 2.11. The number of hydrogen-bond donors (Lipinski definition) is 2. The lowest BCUT2D eigenvalue weighted by Crippen LogP contribution is -2.27. The highest BCUT2D eigenvalue weighted by molar-refractivity contribution is 8.01. The summed E-state index contributed by atoms with van der Waals surface area (Å²) < 4.78 is 3.23. The first kappa shape index (κ1) is 17.5. The van der Waals surface area contributed by atoms with E-state index in [9.17, 15) is 0 Å². The van der Waals surface area contributed by atoms with Gasteiger partial charge in [-0.05, 0) is 18.2 Å². The minimum Gasteiger partial charge on any atom is -0.397 e. The average Bonchev–Trinajstić information content (AvgIpc) is 3.36. The summed E-state index contributed by atoms with van der Waals surface area (Å²) in [6.45, 7) is 2.21. The molecule has 4 aromatic heterocycles.